The van der Waals surface area contributed by atoms with Gasteiger partial charge in [0.1, 0.15) is 0 Å². The van der Waals surface area contributed by atoms with Gasteiger partial charge in [-0.1, -0.05) is 23.7 Å². The minimum absolute atomic E-state index is 0.715. The Morgan fingerprint density at radius 3 is 2.53 bits per heavy atom. The predicted molar refractivity (Wildman–Crippen MR) is 68.2 cm³/mol. The lowest BCUT2D eigenvalue weighted by Crippen LogP contribution is -2.11. The molecule has 0 aliphatic carbocycles. The van der Waals surface area contributed by atoms with E-state index >= 15 is 0 Å². The molecule has 0 radical (unpaired) electrons. The molecule has 0 amide bonds. The van der Waals surface area contributed by atoms with Crippen LogP contribution in [0.2, 0.25) is 0 Å². The fourth-order valence-electron chi connectivity index (χ4n) is 1.44. The molecule has 80 valence electrons. The summed E-state index contributed by atoms with van der Waals surface area (Å²) in [6, 6.07) is 5.86. The zero-order valence-electron chi connectivity index (χ0n) is 9.21. The summed E-state index contributed by atoms with van der Waals surface area (Å²) in [4.78, 5) is 2.01. The van der Waals surface area contributed by atoms with Crippen LogP contribution in [0.3, 0.4) is 0 Å². The first-order valence-corrected chi connectivity index (χ1v) is 5.08. The van der Waals surface area contributed by atoms with Crippen molar-refractivity contribution in [1.82, 2.24) is 0 Å². The van der Waals surface area contributed by atoms with Crippen LogP contribution in [0.1, 0.15) is 18.1 Å². The van der Waals surface area contributed by atoms with Crippen molar-refractivity contribution in [3.05, 3.63) is 34.4 Å². The Morgan fingerprint density at radius 2 is 2.07 bits per heavy atom. The van der Waals surface area contributed by atoms with Gasteiger partial charge >= 0.3 is 0 Å². The minimum atomic E-state index is 0.715. The van der Waals surface area contributed by atoms with E-state index < -0.39 is 0 Å². The summed E-state index contributed by atoms with van der Waals surface area (Å²) in [5.41, 5.74) is 2.93. The third kappa shape index (κ3) is 2.83. The molecule has 2 nitrogen and oxygen atoms in total. The molecule has 15 heavy (non-hydrogen) atoms. The Morgan fingerprint density at radius 1 is 1.40 bits per heavy atom. The van der Waals surface area contributed by atoms with Crippen molar-refractivity contribution in [3.8, 4) is 0 Å². The minimum Gasteiger partial charge on any atom is -0.377 e. The van der Waals surface area contributed by atoms with Gasteiger partial charge in [-0.3, -0.25) is 0 Å². The maximum Gasteiger partial charge on any atom is 0.0441 e. The highest BCUT2D eigenvalue weighted by Gasteiger charge is 2.06. The van der Waals surface area contributed by atoms with Crippen LogP contribution < -0.4 is 4.90 Å². The molecule has 1 aromatic carbocycles. The summed E-state index contributed by atoms with van der Waals surface area (Å²) in [5.74, 6) is 0. The Bertz CT molecular complexity index is 391. The molecule has 0 fully saturated rings. The van der Waals surface area contributed by atoms with E-state index in [0.29, 0.717) is 5.03 Å². The first-order valence-electron chi connectivity index (χ1n) is 4.71. The molecule has 0 unspecified atom stereocenters. The van der Waals surface area contributed by atoms with Crippen molar-refractivity contribution >= 4 is 29.6 Å². The molecule has 0 saturated carbocycles. The molecule has 1 aromatic rings. The molecule has 0 spiro atoms. The second-order valence-corrected chi connectivity index (χ2v) is 4.15. The van der Waals surface area contributed by atoms with Gasteiger partial charge in [-0.25, -0.2) is 0 Å². The van der Waals surface area contributed by atoms with E-state index in [4.69, 9.17) is 17.0 Å². The molecule has 3 heteroatoms. The first-order chi connectivity index (χ1) is 7.06. The van der Waals surface area contributed by atoms with Crippen LogP contribution in [0.5, 0.6) is 0 Å². The van der Waals surface area contributed by atoms with E-state index in [0.717, 1.165) is 16.8 Å². The van der Waals surface area contributed by atoms with E-state index in [2.05, 4.69) is 0 Å². The topological polar surface area (TPSA) is 27.1 Å². The fraction of sp³-hybridized carbons (Fsp3) is 0.250. The largest absolute Gasteiger partial charge is 0.377 e. The Hall–Kier alpha value is -1.28. The van der Waals surface area contributed by atoms with Crippen LogP contribution in [0.15, 0.2) is 23.2 Å². The number of nitrogens with zero attached hydrogens (tertiary/aromatic N) is 1. The molecular weight excluding hydrogens is 208 g/mol. The molecule has 0 saturated heterocycles. The van der Waals surface area contributed by atoms with E-state index in [1.54, 1.807) is 0 Å². The summed E-state index contributed by atoms with van der Waals surface area (Å²) >= 11 is 5.89. The number of allylic oxidation sites excluding steroid dienone is 1. The van der Waals surface area contributed by atoms with Gasteiger partial charge in [0.25, 0.3) is 0 Å². The quantitative estimate of drug-likeness (QED) is 0.781. The van der Waals surface area contributed by atoms with E-state index in [9.17, 15) is 0 Å². The van der Waals surface area contributed by atoms with Gasteiger partial charge in [-0.05, 0) is 19.1 Å². The molecule has 0 aliphatic heterocycles. The third-order valence-electron chi connectivity index (χ3n) is 2.10. The van der Waals surface area contributed by atoms with Crippen molar-refractivity contribution in [2.45, 2.75) is 6.92 Å². The highest BCUT2D eigenvalue weighted by Crippen LogP contribution is 2.24. The van der Waals surface area contributed by atoms with Gasteiger partial charge in [0.2, 0.25) is 0 Å². The molecule has 0 aliphatic rings. The van der Waals surface area contributed by atoms with Gasteiger partial charge in [0.15, 0.2) is 0 Å². The maximum absolute atomic E-state index is 7.35. The number of anilines is 1. The zero-order valence-corrected chi connectivity index (χ0v) is 9.97. The Kier molecular flexibility index (Phi) is 3.92. The highest BCUT2D eigenvalue weighted by molar-refractivity contribution is 6.31. The molecule has 0 atom stereocenters. The maximum atomic E-state index is 7.35. The van der Waals surface area contributed by atoms with Gasteiger partial charge < -0.3 is 10.3 Å². The third-order valence-corrected chi connectivity index (χ3v) is 2.21. The van der Waals surface area contributed by atoms with Crippen molar-refractivity contribution in [2.75, 3.05) is 19.0 Å². The van der Waals surface area contributed by atoms with Crippen LogP contribution in [0.4, 0.5) is 5.69 Å². The van der Waals surface area contributed by atoms with E-state index in [1.807, 2.05) is 50.2 Å². The molecule has 1 rings (SSSR count). The van der Waals surface area contributed by atoms with Crippen LogP contribution in [0, 0.1) is 5.41 Å². The summed E-state index contributed by atoms with van der Waals surface area (Å²) < 4.78 is 0. The first kappa shape index (κ1) is 11.8. The Labute approximate surface area is 95.7 Å². The van der Waals surface area contributed by atoms with Gasteiger partial charge in [-0.15, -0.1) is 0 Å². The van der Waals surface area contributed by atoms with Crippen LogP contribution in [0.25, 0.3) is 6.08 Å². The number of benzene rings is 1. The highest BCUT2D eigenvalue weighted by atomic mass is 35.5. The monoisotopic (exact) mass is 222 g/mol. The SMILES string of the molecule is C/C(Cl)=C\c1c(C=N)cccc1N(C)C. The lowest BCUT2D eigenvalue weighted by molar-refractivity contribution is 1.13. The number of hydrogen-bond donors (Lipinski definition) is 1. The molecule has 0 aromatic heterocycles. The average Bonchev–Trinajstić information content (AvgIpc) is 2.16. The molecule has 1 N–H and O–H groups in total. The van der Waals surface area contributed by atoms with Crippen LogP contribution in [-0.2, 0) is 0 Å². The second kappa shape index (κ2) is 4.99. The number of hydrogen-bond acceptors (Lipinski definition) is 2. The lowest BCUT2D eigenvalue weighted by atomic mass is 10.0. The summed E-state index contributed by atoms with van der Waals surface area (Å²) in [6.45, 7) is 1.84. The summed E-state index contributed by atoms with van der Waals surface area (Å²) in [7, 11) is 3.95. The number of rotatable bonds is 3. The zero-order chi connectivity index (χ0) is 11.4. The number of nitrogens with one attached hydrogen (secondary N) is 1. The predicted octanol–water partition coefficient (Wildman–Crippen LogP) is 3.35. The van der Waals surface area contributed by atoms with Crippen molar-refractivity contribution in [2.24, 2.45) is 0 Å². The van der Waals surface area contributed by atoms with Gasteiger partial charge in [0.05, 0.1) is 0 Å². The normalized spacial score (nSPS) is 11.3. The molecule has 0 heterocycles. The smallest absolute Gasteiger partial charge is 0.0441 e. The fourth-order valence-corrected chi connectivity index (χ4v) is 1.55. The Balaban J connectivity index is 3.40. The molecule has 0 bridgehead atoms. The van der Waals surface area contributed by atoms with Crippen molar-refractivity contribution in [3.63, 3.8) is 0 Å². The van der Waals surface area contributed by atoms with Crippen molar-refractivity contribution < 1.29 is 0 Å². The van der Waals surface area contributed by atoms with E-state index in [1.165, 1.54) is 6.21 Å². The molecular formula is C12H15ClN2. The average molecular weight is 223 g/mol. The van der Waals surface area contributed by atoms with E-state index in [-0.39, 0.29) is 0 Å². The van der Waals surface area contributed by atoms with Gasteiger partial charge in [-0.2, -0.15) is 0 Å². The summed E-state index contributed by atoms with van der Waals surface area (Å²) in [5, 5.41) is 8.07. The summed E-state index contributed by atoms with van der Waals surface area (Å²) in [6.07, 6.45) is 3.23. The standard InChI is InChI=1S/C12H15ClN2/c1-9(13)7-11-10(8-14)5-4-6-12(11)15(2)3/h4-8,14H,1-3H3/b9-7+,14-8?. The van der Waals surface area contributed by atoms with Gasteiger partial charge in [0, 0.05) is 42.2 Å². The second-order valence-electron chi connectivity index (χ2n) is 3.55. The number of halogens is 1. The van der Waals surface area contributed by atoms with Crippen molar-refractivity contribution in [1.29, 1.82) is 5.41 Å². The lowest BCUT2D eigenvalue weighted by Gasteiger charge is -2.17. The van der Waals surface area contributed by atoms with Crippen LogP contribution in [-0.4, -0.2) is 20.3 Å². The van der Waals surface area contributed by atoms with Crippen LogP contribution >= 0.6 is 11.6 Å².